The normalized spacial score (nSPS) is 21.4. The van der Waals surface area contributed by atoms with Crippen molar-refractivity contribution in [3.05, 3.63) is 136 Å². The number of fused-ring (bicyclic) bond motifs is 2. The molecule has 0 saturated heterocycles. The first kappa shape index (κ1) is 51.7. The molecule has 0 N–H and O–H groups in total. The second kappa shape index (κ2) is 20.3. The summed E-state index contributed by atoms with van der Waals surface area (Å²) in [6.45, 7) is 16.1. The number of allylic oxidation sites excluding steroid dienone is 2. The summed E-state index contributed by atoms with van der Waals surface area (Å²) in [5.41, 5.74) is -1.90. The Labute approximate surface area is 406 Å². The van der Waals surface area contributed by atoms with Crippen LogP contribution in [0, 0.1) is 16.7 Å². The first-order valence-corrected chi connectivity index (χ1v) is 23.5. The summed E-state index contributed by atoms with van der Waals surface area (Å²) in [6.07, 6.45) is 2.75. The number of carbonyl (C=O) groups is 1. The molecule has 2 aliphatic rings. The Morgan fingerprint density at radius 2 is 1.49 bits per heavy atom. The smallest absolute Gasteiger partial charge is 0.389 e. The van der Waals surface area contributed by atoms with Gasteiger partial charge < -0.3 is 37.3 Å². The van der Waals surface area contributed by atoms with E-state index in [2.05, 4.69) is 13.5 Å². The van der Waals surface area contributed by atoms with E-state index in [9.17, 15) is 27.6 Å². The van der Waals surface area contributed by atoms with Gasteiger partial charge in [-0.1, -0.05) is 69.9 Å². The van der Waals surface area contributed by atoms with E-state index in [1.165, 1.54) is 14.0 Å². The number of benzene rings is 3. The predicted molar refractivity (Wildman–Crippen MR) is 263 cm³/mol. The van der Waals surface area contributed by atoms with Crippen LogP contribution in [0.1, 0.15) is 92.1 Å². The molecule has 2 aromatic heterocycles. The number of rotatable bonds is 19. The van der Waals surface area contributed by atoms with Gasteiger partial charge in [0, 0.05) is 58.6 Å². The Morgan fingerprint density at radius 1 is 0.829 bits per heavy atom. The number of halogens is 3. The third-order valence-electron chi connectivity index (χ3n) is 13.4. The number of ether oxygens (including phenoxy) is 6. The van der Waals surface area contributed by atoms with Crippen LogP contribution < -0.4 is 25.5 Å². The highest BCUT2D eigenvalue weighted by Crippen LogP contribution is 2.55. The number of para-hydroxylation sites is 1. The summed E-state index contributed by atoms with van der Waals surface area (Å²) in [5.74, 6) is -0.822. The van der Waals surface area contributed by atoms with E-state index in [0.717, 1.165) is 0 Å². The van der Waals surface area contributed by atoms with Gasteiger partial charge in [0.05, 0.1) is 44.5 Å². The van der Waals surface area contributed by atoms with Crippen LogP contribution in [0.5, 0.6) is 17.2 Å². The quantitative estimate of drug-likeness (QED) is 0.0445. The largest absolute Gasteiger partial charge is 0.496 e. The molecular formula is C56H63F3O11. The Hall–Kier alpha value is -6.12. The number of esters is 1. The third-order valence-corrected chi connectivity index (χ3v) is 13.4. The highest BCUT2D eigenvalue weighted by Gasteiger charge is 2.54. The van der Waals surface area contributed by atoms with E-state index in [0.29, 0.717) is 81.6 Å². The fourth-order valence-corrected chi connectivity index (χ4v) is 10.8. The van der Waals surface area contributed by atoms with Crippen LogP contribution >= 0.6 is 0 Å². The second-order valence-electron chi connectivity index (χ2n) is 20.7. The van der Waals surface area contributed by atoms with Crippen molar-refractivity contribution >= 4 is 27.9 Å². The fraction of sp³-hybridized carbons (Fsp3) is 0.446. The minimum atomic E-state index is -4.56. The van der Waals surface area contributed by atoms with Crippen LogP contribution in [0.3, 0.4) is 0 Å². The van der Waals surface area contributed by atoms with Gasteiger partial charge in [-0.15, -0.1) is 0 Å². The van der Waals surface area contributed by atoms with Gasteiger partial charge in [-0.05, 0) is 107 Å². The molecule has 70 heavy (non-hydrogen) atoms. The van der Waals surface area contributed by atoms with Crippen LogP contribution in [-0.4, -0.2) is 63.0 Å². The van der Waals surface area contributed by atoms with Gasteiger partial charge in [-0.25, -0.2) is 14.4 Å². The molecule has 6 atom stereocenters. The Bertz CT molecular complexity index is 2910. The van der Waals surface area contributed by atoms with Crippen molar-refractivity contribution in [3.63, 3.8) is 0 Å². The Morgan fingerprint density at radius 3 is 2.17 bits per heavy atom. The van der Waals surface area contributed by atoms with Gasteiger partial charge in [0.15, 0.2) is 0 Å². The summed E-state index contributed by atoms with van der Waals surface area (Å²) < 4.78 is 90.4. The molecule has 0 bridgehead atoms. The minimum Gasteiger partial charge on any atom is -0.496 e. The summed E-state index contributed by atoms with van der Waals surface area (Å²) in [6, 6.07) is 21.4. The van der Waals surface area contributed by atoms with Crippen LogP contribution in [0.15, 0.2) is 128 Å². The van der Waals surface area contributed by atoms with Crippen molar-refractivity contribution in [3.8, 4) is 28.4 Å². The van der Waals surface area contributed by atoms with Gasteiger partial charge in [0.1, 0.15) is 39.6 Å². The molecule has 14 heteroatoms. The zero-order valence-electron chi connectivity index (χ0n) is 41.3. The number of alkyl halides is 3. The van der Waals surface area contributed by atoms with Crippen molar-refractivity contribution in [2.24, 2.45) is 16.7 Å². The molecule has 374 valence electrons. The second-order valence-corrected chi connectivity index (χ2v) is 20.7. The fourth-order valence-electron chi connectivity index (χ4n) is 10.8. The molecule has 0 radical (unpaired) electrons. The van der Waals surface area contributed by atoms with Gasteiger partial charge in [0.25, 0.3) is 0 Å². The molecule has 11 nitrogen and oxygen atoms in total. The molecule has 0 aliphatic heterocycles. The van der Waals surface area contributed by atoms with E-state index >= 15 is 0 Å². The molecule has 1 saturated carbocycles. The number of hydrogen-bond acceptors (Lipinski definition) is 11. The third kappa shape index (κ3) is 12.1. The lowest BCUT2D eigenvalue weighted by Crippen LogP contribution is -2.50. The molecule has 1 fully saturated rings. The van der Waals surface area contributed by atoms with Crippen LogP contribution in [0.25, 0.3) is 33.1 Å². The highest BCUT2D eigenvalue weighted by molar-refractivity contribution is 5.87. The highest BCUT2D eigenvalue weighted by atomic mass is 19.4. The van der Waals surface area contributed by atoms with Crippen LogP contribution in [-0.2, 0) is 19.0 Å². The summed E-state index contributed by atoms with van der Waals surface area (Å²) >= 11 is 0. The maximum absolute atomic E-state index is 14.1. The first-order valence-electron chi connectivity index (χ1n) is 23.5. The average Bonchev–Trinajstić information content (AvgIpc) is 3.59. The zero-order chi connectivity index (χ0) is 50.8. The van der Waals surface area contributed by atoms with Crippen molar-refractivity contribution in [1.29, 1.82) is 0 Å². The number of methoxy groups -OCH3 is 2. The maximum atomic E-state index is 14.1. The van der Waals surface area contributed by atoms with E-state index in [4.69, 9.17) is 37.3 Å². The minimum absolute atomic E-state index is 0.0740. The molecule has 0 amide bonds. The van der Waals surface area contributed by atoms with Gasteiger partial charge in [-0.3, -0.25) is 0 Å². The summed E-state index contributed by atoms with van der Waals surface area (Å²) in [4.78, 5) is 39.0. The predicted octanol–water partition coefficient (Wildman–Crippen LogP) is 12.5. The summed E-state index contributed by atoms with van der Waals surface area (Å²) in [5, 5.41) is 1.39. The van der Waals surface area contributed by atoms with E-state index in [1.54, 1.807) is 37.4 Å². The molecule has 5 aromatic rings. The lowest BCUT2D eigenvalue weighted by atomic mass is 9.65. The topological polar surface area (TPSA) is 133 Å². The van der Waals surface area contributed by atoms with Crippen LogP contribution in [0.4, 0.5) is 13.2 Å². The molecule has 0 spiro atoms. The van der Waals surface area contributed by atoms with Crippen LogP contribution in [0.2, 0.25) is 0 Å². The van der Waals surface area contributed by atoms with Crippen molar-refractivity contribution in [2.75, 3.05) is 27.4 Å². The van der Waals surface area contributed by atoms with Gasteiger partial charge in [-0.2, -0.15) is 13.2 Å². The van der Waals surface area contributed by atoms with E-state index < -0.39 is 70.5 Å². The molecular weight excluding hydrogens is 906 g/mol. The maximum Gasteiger partial charge on any atom is 0.389 e. The average molecular weight is 969 g/mol. The number of hydrogen-bond donors (Lipinski definition) is 0. The molecule has 6 unspecified atom stereocenters. The molecule has 3 aromatic carbocycles. The Kier molecular flexibility index (Phi) is 15.0. The monoisotopic (exact) mass is 968 g/mol. The zero-order valence-corrected chi connectivity index (χ0v) is 41.3. The van der Waals surface area contributed by atoms with Crippen molar-refractivity contribution in [1.82, 2.24) is 0 Å². The first-order chi connectivity index (χ1) is 32.9. The number of carbonyl (C=O) groups excluding carboxylic acids is 1. The standard InChI is InChI=1S/C56H63F3O11/c1-34(2)48(60)65-30-35(29-56(57,58)59)31-66-51(52(3,4)32-53(5,6)69-38-21-19-36-25-42(49(61)67-46(36)27-38)40-15-11-13-17-44(40)63-9)54(7)23-24-55(8,33-54)70-39-22-20-37-26-43(50(62)68-47(37)28-39)41-16-12-14-18-45(41)64-10/h11-22,25-28,35,40,44,51H,1,23-24,29-33H2,2-10H3. The Balaban J connectivity index is 1.14. The van der Waals surface area contributed by atoms with Crippen molar-refractivity contribution < 1.29 is 55.2 Å². The lowest BCUT2D eigenvalue weighted by Gasteiger charge is -2.48. The SMILES string of the molecule is C=C(C)C(=O)OCC(COC(C(C)(C)CC(C)(C)Oc1ccc2cc(C3C=CC=CC3OC)c(=O)oc2c1)C1(C)CCC(C)(Oc2ccc3cc(-c4ccccc4OC)c(=O)oc3c2)C1)CC(F)(F)F. The summed E-state index contributed by atoms with van der Waals surface area (Å²) in [7, 11) is 3.13. The van der Waals surface area contributed by atoms with E-state index in [-0.39, 0.29) is 24.2 Å². The van der Waals surface area contributed by atoms with Gasteiger partial charge in [0.2, 0.25) is 0 Å². The molecule has 2 heterocycles. The lowest BCUT2D eigenvalue weighted by molar-refractivity contribution is -0.173. The molecule has 2 aliphatic carbocycles. The molecule has 7 rings (SSSR count). The van der Waals surface area contributed by atoms with E-state index in [1.807, 2.05) is 101 Å². The van der Waals surface area contributed by atoms with Crippen molar-refractivity contribution in [2.45, 2.75) is 116 Å². The van der Waals surface area contributed by atoms with Gasteiger partial charge >= 0.3 is 23.4 Å².